The van der Waals surface area contributed by atoms with Gasteiger partial charge in [0, 0.05) is 15.5 Å². The van der Waals surface area contributed by atoms with Crippen molar-refractivity contribution in [3.8, 4) is 23.3 Å². The lowest BCUT2D eigenvalue weighted by atomic mass is 9.97. The van der Waals surface area contributed by atoms with Crippen molar-refractivity contribution in [1.82, 2.24) is 0 Å². The number of nitrogens with zero attached hydrogens (tertiary/aromatic N) is 2. The number of benzene rings is 2. The van der Waals surface area contributed by atoms with Crippen molar-refractivity contribution in [2.24, 2.45) is 0 Å². The van der Waals surface area contributed by atoms with E-state index in [2.05, 4.69) is 17.1 Å². The number of anilines is 1. The van der Waals surface area contributed by atoms with Crippen LogP contribution in [0, 0.1) is 22.7 Å². The zero-order chi connectivity index (χ0) is 17.8. The first-order chi connectivity index (χ1) is 12.1. The molecule has 4 nitrogen and oxygen atoms in total. The Morgan fingerprint density at radius 2 is 1.56 bits per heavy atom. The van der Waals surface area contributed by atoms with Gasteiger partial charge in [-0.1, -0.05) is 41.9 Å². The fraction of sp³-hybridized carbons (Fsp3) is 0. The lowest BCUT2D eigenvalue weighted by Crippen LogP contribution is -2.18. The van der Waals surface area contributed by atoms with Gasteiger partial charge in [0.25, 0.3) is 5.82 Å². The molecule has 0 bridgehead atoms. The smallest absolute Gasteiger partial charge is 0.286 e. The predicted octanol–water partition coefficient (Wildman–Crippen LogP) is 4.30. The molecule has 3 N–H and O–H groups in total. The molecule has 1 heterocycles. The normalized spacial score (nSPS) is 10.0. The number of nitriles is 2. The van der Waals surface area contributed by atoms with E-state index in [9.17, 15) is 10.5 Å². The van der Waals surface area contributed by atoms with Crippen molar-refractivity contribution in [1.29, 1.82) is 10.5 Å². The molecule has 0 spiro atoms. The number of hydrogen-bond donors (Lipinski definition) is 1. The minimum Gasteiger partial charge on any atom is -0.286 e. The fourth-order valence-corrected chi connectivity index (χ4v) is 3.48. The molecular weight excluding hydrogens is 352 g/mol. The van der Waals surface area contributed by atoms with Crippen LogP contribution in [0.15, 0.2) is 64.5 Å². The van der Waals surface area contributed by atoms with Crippen molar-refractivity contribution in [3.05, 3.63) is 70.7 Å². The summed E-state index contributed by atoms with van der Waals surface area (Å²) in [6.07, 6.45) is 0. The Morgan fingerprint density at radius 3 is 2.16 bits per heavy atom. The molecule has 25 heavy (non-hydrogen) atoms. The third-order valence-corrected chi connectivity index (χ3v) is 4.83. The van der Waals surface area contributed by atoms with E-state index in [-0.39, 0.29) is 11.4 Å². The third-order valence-electron chi connectivity index (χ3n) is 3.56. The quantitative estimate of drug-likeness (QED) is 0.751. The van der Waals surface area contributed by atoms with E-state index >= 15 is 0 Å². The van der Waals surface area contributed by atoms with Gasteiger partial charge in [-0.05, 0) is 41.6 Å². The topological polar surface area (TPSA) is 87.7 Å². The van der Waals surface area contributed by atoms with Gasteiger partial charge in [-0.2, -0.15) is 10.5 Å². The summed E-state index contributed by atoms with van der Waals surface area (Å²) in [5.41, 5.74) is 8.01. The van der Waals surface area contributed by atoms with Crippen LogP contribution in [-0.2, 0) is 0 Å². The fourth-order valence-electron chi connectivity index (χ4n) is 2.43. The van der Waals surface area contributed by atoms with Gasteiger partial charge in [0.05, 0.1) is 0 Å². The number of halogens is 1. The maximum atomic E-state index is 9.74. The molecule has 3 rings (SSSR count). The van der Waals surface area contributed by atoms with Gasteiger partial charge in [0.1, 0.15) is 23.3 Å². The Morgan fingerprint density at radius 1 is 0.920 bits per heavy atom. The predicted molar refractivity (Wildman–Crippen MR) is 97.9 cm³/mol. The number of aromatic amines is 1. The first-order valence-electron chi connectivity index (χ1n) is 7.32. The maximum Gasteiger partial charge on any atom is 0.289 e. The molecule has 0 amide bonds. The highest BCUT2D eigenvalue weighted by Gasteiger charge is 2.23. The van der Waals surface area contributed by atoms with Gasteiger partial charge in [0.2, 0.25) is 0 Å². The summed E-state index contributed by atoms with van der Waals surface area (Å²) in [4.78, 5) is 3.89. The van der Waals surface area contributed by atoms with Crippen molar-refractivity contribution in [2.45, 2.75) is 9.92 Å². The molecule has 0 atom stereocenters. The number of nitrogen functional groups attached to an aromatic ring is 1. The highest BCUT2D eigenvalue weighted by atomic mass is 35.5. The zero-order valence-corrected chi connectivity index (χ0v) is 14.5. The molecular formula is C19H12ClN4S+. The monoisotopic (exact) mass is 363 g/mol. The molecule has 0 unspecified atom stereocenters. The summed E-state index contributed by atoms with van der Waals surface area (Å²) in [6, 6.07) is 20.9. The number of nitrogens with two attached hydrogens (primary N) is 1. The van der Waals surface area contributed by atoms with Crippen LogP contribution in [0.1, 0.15) is 11.1 Å². The van der Waals surface area contributed by atoms with Crippen LogP contribution in [0.4, 0.5) is 5.82 Å². The van der Waals surface area contributed by atoms with Crippen LogP contribution in [0.2, 0.25) is 5.02 Å². The van der Waals surface area contributed by atoms with E-state index in [4.69, 9.17) is 17.3 Å². The molecule has 1 aromatic heterocycles. The van der Waals surface area contributed by atoms with E-state index in [1.807, 2.05) is 42.5 Å². The molecule has 0 fully saturated rings. The standard InChI is InChI=1S/C19H11ClN4S/c20-13-6-8-14(9-7-13)25-19-16(11-22)17(12-4-2-1-3-5-12)15(10-21)18(23)24-19/h1-9H,(H2,23,24)/p+1. The molecule has 0 radical (unpaired) electrons. The Balaban J connectivity index is 2.21. The number of nitrogens with one attached hydrogen (secondary N) is 1. The molecule has 0 aliphatic heterocycles. The second-order valence-electron chi connectivity index (χ2n) is 5.14. The van der Waals surface area contributed by atoms with Gasteiger partial charge in [-0.25, -0.2) is 4.98 Å². The summed E-state index contributed by atoms with van der Waals surface area (Å²) >= 11 is 7.28. The maximum absolute atomic E-state index is 9.74. The van der Waals surface area contributed by atoms with Gasteiger partial charge in [-0.3, -0.25) is 5.73 Å². The van der Waals surface area contributed by atoms with E-state index < -0.39 is 0 Å². The Bertz CT molecular complexity index is 1000. The summed E-state index contributed by atoms with van der Waals surface area (Å²) in [5, 5.41) is 20.5. The molecule has 3 aromatic rings. The van der Waals surface area contributed by atoms with Crippen LogP contribution in [0.3, 0.4) is 0 Å². The van der Waals surface area contributed by atoms with Crippen LogP contribution < -0.4 is 10.7 Å². The van der Waals surface area contributed by atoms with Crippen LogP contribution in [0.5, 0.6) is 0 Å². The second kappa shape index (κ2) is 7.27. The number of aromatic nitrogens is 1. The van der Waals surface area contributed by atoms with Crippen LogP contribution >= 0.6 is 23.4 Å². The number of pyridine rings is 1. The summed E-state index contributed by atoms with van der Waals surface area (Å²) in [7, 11) is 0. The highest BCUT2D eigenvalue weighted by molar-refractivity contribution is 7.99. The highest BCUT2D eigenvalue weighted by Crippen LogP contribution is 2.36. The SMILES string of the molecule is N#Cc1c(N)[nH+]c(Sc2ccc(Cl)cc2)c(C#N)c1-c1ccccc1. The minimum atomic E-state index is 0.233. The Hall–Kier alpha value is -2.99. The Kier molecular flexibility index (Phi) is 4.90. The average molecular weight is 364 g/mol. The zero-order valence-electron chi connectivity index (χ0n) is 13.0. The molecule has 120 valence electrons. The van der Waals surface area contributed by atoms with Crippen molar-refractivity contribution in [3.63, 3.8) is 0 Å². The molecule has 2 aromatic carbocycles. The number of rotatable bonds is 3. The lowest BCUT2D eigenvalue weighted by Gasteiger charge is -2.10. The molecule has 0 aliphatic carbocycles. The third kappa shape index (κ3) is 3.44. The number of H-pyrrole nitrogens is 1. The number of hydrogen-bond acceptors (Lipinski definition) is 4. The van der Waals surface area contributed by atoms with E-state index in [0.29, 0.717) is 21.2 Å². The van der Waals surface area contributed by atoms with Crippen LogP contribution in [0.25, 0.3) is 11.1 Å². The van der Waals surface area contributed by atoms with Gasteiger partial charge in [-0.15, -0.1) is 0 Å². The van der Waals surface area contributed by atoms with E-state index in [1.165, 1.54) is 11.8 Å². The first-order valence-corrected chi connectivity index (χ1v) is 8.51. The van der Waals surface area contributed by atoms with Crippen molar-refractivity contribution >= 4 is 29.2 Å². The minimum absolute atomic E-state index is 0.233. The molecule has 0 saturated heterocycles. The van der Waals surface area contributed by atoms with Gasteiger partial charge >= 0.3 is 0 Å². The summed E-state index contributed by atoms with van der Waals surface area (Å²) in [6.45, 7) is 0. The molecule has 0 saturated carbocycles. The lowest BCUT2D eigenvalue weighted by molar-refractivity contribution is -0.410. The molecule has 6 heteroatoms. The van der Waals surface area contributed by atoms with Crippen molar-refractivity contribution < 1.29 is 4.98 Å². The summed E-state index contributed by atoms with van der Waals surface area (Å²) in [5.74, 6) is 0.233. The van der Waals surface area contributed by atoms with E-state index in [1.54, 1.807) is 12.1 Å². The van der Waals surface area contributed by atoms with Gasteiger partial charge in [0.15, 0.2) is 5.03 Å². The first kappa shape index (κ1) is 16.9. The Labute approximate surface area is 154 Å². The van der Waals surface area contributed by atoms with Crippen LogP contribution in [-0.4, -0.2) is 0 Å². The van der Waals surface area contributed by atoms with Crippen molar-refractivity contribution in [2.75, 3.05) is 5.73 Å². The van der Waals surface area contributed by atoms with E-state index in [0.717, 1.165) is 10.5 Å². The molecule has 0 aliphatic rings. The summed E-state index contributed by atoms with van der Waals surface area (Å²) < 4.78 is 0. The van der Waals surface area contributed by atoms with Gasteiger partial charge < -0.3 is 0 Å². The largest absolute Gasteiger partial charge is 0.289 e. The second-order valence-corrected chi connectivity index (χ2v) is 6.66. The average Bonchev–Trinajstić information content (AvgIpc) is 2.64.